The largest absolute Gasteiger partial charge is 0.389 e. The number of hydrogen-bond acceptors (Lipinski definition) is 3. The van der Waals surface area contributed by atoms with Gasteiger partial charge in [0, 0.05) is 6.54 Å². The fraction of sp³-hybridized carbons (Fsp3) is 0.571. The number of hydrogen-bond donors (Lipinski definition) is 2. The topological polar surface area (TPSA) is 41.5 Å². The van der Waals surface area contributed by atoms with E-state index in [9.17, 15) is 5.11 Å². The number of benzene rings is 1. The molecule has 2 rings (SSSR count). The minimum absolute atomic E-state index is 0.318. The van der Waals surface area contributed by atoms with Crippen molar-refractivity contribution >= 4 is 28.9 Å². The van der Waals surface area contributed by atoms with Crippen LogP contribution in [0.5, 0.6) is 0 Å². The van der Waals surface area contributed by atoms with Gasteiger partial charge in [-0.1, -0.05) is 42.1 Å². The molecule has 19 heavy (non-hydrogen) atoms. The van der Waals surface area contributed by atoms with E-state index in [2.05, 4.69) is 5.32 Å². The third-order valence-electron chi connectivity index (χ3n) is 3.30. The summed E-state index contributed by atoms with van der Waals surface area (Å²) in [7, 11) is 0. The van der Waals surface area contributed by atoms with Crippen LogP contribution in [0, 0.1) is 0 Å². The molecular formula is C14H19Cl2NO2. The molecule has 0 aromatic heterocycles. The van der Waals surface area contributed by atoms with Crippen LogP contribution in [0.25, 0.3) is 0 Å². The molecule has 0 radical (unpaired) electrons. The van der Waals surface area contributed by atoms with Crippen molar-refractivity contribution in [1.29, 1.82) is 0 Å². The molecule has 1 aromatic carbocycles. The molecule has 2 N–H and O–H groups in total. The zero-order valence-electron chi connectivity index (χ0n) is 10.7. The first-order valence-corrected chi connectivity index (χ1v) is 7.40. The van der Waals surface area contributed by atoms with Crippen molar-refractivity contribution < 1.29 is 9.84 Å². The molecule has 106 valence electrons. The fourth-order valence-corrected chi connectivity index (χ4v) is 2.78. The van der Waals surface area contributed by atoms with Crippen LogP contribution in [-0.2, 0) is 4.74 Å². The lowest BCUT2D eigenvalue weighted by molar-refractivity contribution is -0.00117. The summed E-state index contributed by atoms with van der Waals surface area (Å²) in [6, 6.07) is 5.31. The van der Waals surface area contributed by atoms with Crippen molar-refractivity contribution in [2.75, 3.05) is 18.5 Å². The third kappa shape index (κ3) is 4.53. The quantitative estimate of drug-likeness (QED) is 0.841. The van der Waals surface area contributed by atoms with Crippen molar-refractivity contribution in [2.45, 2.75) is 37.9 Å². The predicted octanol–water partition coefficient (Wildman–Crippen LogP) is 3.73. The Morgan fingerprint density at radius 1 is 1.26 bits per heavy atom. The Kier molecular flexibility index (Phi) is 5.76. The molecule has 1 aliphatic carbocycles. The van der Waals surface area contributed by atoms with E-state index in [1.807, 2.05) is 0 Å². The highest BCUT2D eigenvalue weighted by atomic mass is 35.5. The van der Waals surface area contributed by atoms with E-state index in [1.54, 1.807) is 18.2 Å². The zero-order chi connectivity index (χ0) is 13.7. The molecule has 5 heteroatoms. The number of halogens is 2. The van der Waals surface area contributed by atoms with E-state index in [-0.39, 0.29) is 0 Å². The van der Waals surface area contributed by atoms with Crippen molar-refractivity contribution in [3.63, 3.8) is 0 Å². The summed E-state index contributed by atoms with van der Waals surface area (Å²) in [5, 5.41) is 14.0. The Morgan fingerprint density at radius 3 is 2.53 bits per heavy atom. The van der Waals surface area contributed by atoms with Gasteiger partial charge in [0.05, 0.1) is 34.5 Å². The van der Waals surface area contributed by atoms with Crippen LogP contribution in [0.4, 0.5) is 5.69 Å². The molecular weight excluding hydrogens is 285 g/mol. The second-order valence-electron chi connectivity index (χ2n) is 4.87. The number of ether oxygens (including phenoxy) is 1. The highest BCUT2D eigenvalue weighted by molar-refractivity contribution is 6.39. The molecule has 1 saturated carbocycles. The Bertz CT molecular complexity index is 388. The highest BCUT2D eigenvalue weighted by Gasteiger charge is 2.17. The molecule has 1 atom stereocenters. The van der Waals surface area contributed by atoms with Gasteiger partial charge in [-0.3, -0.25) is 0 Å². The maximum absolute atomic E-state index is 9.88. The van der Waals surface area contributed by atoms with Crippen molar-refractivity contribution in [2.24, 2.45) is 0 Å². The minimum Gasteiger partial charge on any atom is -0.389 e. The molecule has 1 aromatic rings. The van der Waals surface area contributed by atoms with E-state index in [0.717, 1.165) is 12.8 Å². The zero-order valence-corrected chi connectivity index (χ0v) is 12.3. The first-order chi connectivity index (χ1) is 9.16. The van der Waals surface area contributed by atoms with Gasteiger partial charge in [-0.25, -0.2) is 0 Å². The van der Waals surface area contributed by atoms with Crippen LogP contribution in [0.1, 0.15) is 25.7 Å². The Labute approximate surface area is 123 Å². The van der Waals surface area contributed by atoms with E-state index in [0.29, 0.717) is 35.0 Å². The van der Waals surface area contributed by atoms with E-state index >= 15 is 0 Å². The Morgan fingerprint density at radius 2 is 1.89 bits per heavy atom. The minimum atomic E-state index is -0.562. The maximum atomic E-state index is 9.88. The molecule has 1 fully saturated rings. The molecule has 3 nitrogen and oxygen atoms in total. The summed E-state index contributed by atoms with van der Waals surface area (Å²) < 4.78 is 5.66. The first-order valence-electron chi connectivity index (χ1n) is 6.64. The van der Waals surface area contributed by atoms with Gasteiger partial charge in [0.25, 0.3) is 0 Å². The summed E-state index contributed by atoms with van der Waals surface area (Å²) >= 11 is 12.1. The van der Waals surface area contributed by atoms with Gasteiger partial charge in [0.15, 0.2) is 0 Å². The fourth-order valence-electron chi connectivity index (χ4n) is 2.25. The lowest BCUT2D eigenvalue weighted by Gasteiger charge is -2.17. The number of anilines is 1. The smallest absolute Gasteiger partial charge is 0.0945 e. The number of aliphatic hydroxyl groups is 1. The van der Waals surface area contributed by atoms with Crippen LogP contribution < -0.4 is 5.32 Å². The van der Waals surface area contributed by atoms with Crippen molar-refractivity contribution in [3.8, 4) is 0 Å². The second-order valence-corrected chi connectivity index (χ2v) is 5.69. The van der Waals surface area contributed by atoms with Crippen LogP contribution >= 0.6 is 23.2 Å². The number of aliphatic hydroxyl groups excluding tert-OH is 1. The average Bonchev–Trinajstić information content (AvgIpc) is 2.89. The molecule has 0 heterocycles. The monoisotopic (exact) mass is 303 g/mol. The summed E-state index contributed by atoms with van der Waals surface area (Å²) in [6.45, 7) is 0.718. The summed E-state index contributed by atoms with van der Waals surface area (Å²) in [6.07, 6.45) is 4.43. The van der Waals surface area contributed by atoms with Crippen LogP contribution in [0.15, 0.2) is 18.2 Å². The predicted molar refractivity (Wildman–Crippen MR) is 79.2 cm³/mol. The van der Waals surface area contributed by atoms with Gasteiger partial charge in [-0.2, -0.15) is 0 Å². The molecule has 0 amide bonds. The Hall–Kier alpha value is -0.480. The van der Waals surface area contributed by atoms with Gasteiger partial charge < -0.3 is 15.2 Å². The van der Waals surface area contributed by atoms with E-state index in [1.165, 1.54) is 12.8 Å². The van der Waals surface area contributed by atoms with E-state index < -0.39 is 6.10 Å². The molecule has 0 spiro atoms. The second kappa shape index (κ2) is 7.34. The summed E-state index contributed by atoms with van der Waals surface area (Å²) in [4.78, 5) is 0. The van der Waals surface area contributed by atoms with E-state index in [4.69, 9.17) is 27.9 Å². The lowest BCUT2D eigenvalue weighted by atomic mass is 10.3. The third-order valence-corrected chi connectivity index (χ3v) is 3.93. The van der Waals surface area contributed by atoms with Gasteiger partial charge in [0.2, 0.25) is 0 Å². The molecule has 1 aliphatic rings. The van der Waals surface area contributed by atoms with Crippen molar-refractivity contribution in [1.82, 2.24) is 0 Å². The Balaban J connectivity index is 1.75. The van der Waals surface area contributed by atoms with Crippen molar-refractivity contribution in [3.05, 3.63) is 28.2 Å². The number of rotatable bonds is 6. The van der Waals surface area contributed by atoms with Gasteiger partial charge in [0.1, 0.15) is 0 Å². The molecule has 0 aliphatic heterocycles. The number of nitrogens with one attached hydrogen (secondary N) is 1. The first kappa shape index (κ1) is 14.9. The standard InChI is InChI=1S/C14H19Cl2NO2/c15-12-6-3-7-13(16)14(12)17-8-10(18)9-19-11-4-1-2-5-11/h3,6-7,10-11,17-18H,1-2,4-5,8-9H2. The van der Waals surface area contributed by atoms with Crippen LogP contribution in [0.3, 0.4) is 0 Å². The summed E-state index contributed by atoms with van der Waals surface area (Å²) in [5.74, 6) is 0. The maximum Gasteiger partial charge on any atom is 0.0945 e. The van der Waals surface area contributed by atoms with Gasteiger partial charge in [-0.05, 0) is 25.0 Å². The SMILES string of the molecule is OC(CNc1c(Cl)cccc1Cl)COC1CCCC1. The van der Waals surface area contributed by atoms with Gasteiger partial charge >= 0.3 is 0 Å². The van der Waals surface area contributed by atoms with Crippen LogP contribution in [-0.4, -0.2) is 30.5 Å². The van der Waals surface area contributed by atoms with Gasteiger partial charge in [-0.15, -0.1) is 0 Å². The highest BCUT2D eigenvalue weighted by Crippen LogP contribution is 2.29. The number of para-hydroxylation sites is 1. The molecule has 0 bridgehead atoms. The normalized spacial score (nSPS) is 17.6. The molecule has 0 saturated heterocycles. The summed E-state index contributed by atoms with van der Waals surface area (Å²) in [5.41, 5.74) is 0.658. The lowest BCUT2D eigenvalue weighted by Crippen LogP contribution is -2.27. The van der Waals surface area contributed by atoms with Crippen LogP contribution in [0.2, 0.25) is 10.0 Å². The average molecular weight is 304 g/mol. The molecule has 1 unspecified atom stereocenters.